The van der Waals surface area contributed by atoms with Gasteiger partial charge in [0, 0.05) is 12.5 Å². The fourth-order valence-corrected chi connectivity index (χ4v) is 2.17. The van der Waals surface area contributed by atoms with Crippen LogP contribution in [0.25, 0.3) is 0 Å². The van der Waals surface area contributed by atoms with Crippen LogP contribution in [0.15, 0.2) is 23.3 Å². The molecule has 0 aliphatic carbocycles. The van der Waals surface area contributed by atoms with E-state index in [0.29, 0.717) is 12.5 Å². The SMILES string of the molecule is C/C(=C/CCl)CC/C=C(/C)COC1CCCCO1. The van der Waals surface area contributed by atoms with Crippen molar-refractivity contribution in [2.24, 2.45) is 0 Å². The lowest BCUT2D eigenvalue weighted by atomic mass is 10.1. The number of allylic oxidation sites excluding steroid dienone is 3. The summed E-state index contributed by atoms with van der Waals surface area (Å²) >= 11 is 5.65. The van der Waals surface area contributed by atoms with Gasteiger partial charge in [-0.15, -0.1) is 11.6 Å². The minimum Gasteiger partial charge on any atom is -0.353 e. The average molecular weight is 273 g/mol. The molecule has 0 amide bonds. The van der Waals surface area contributed by atoms with E-state index in [-0.39, 0.29) is 6.29 Å². The zero-order valence-corrected chi connectivity index (χ0v) is 12.3. The van der Waals surface area contributed by atoms with E-state index in [1.165, 1.54) is 24.0 Å². The highest BCUT2D eigenvalue weighted by atomic mass is 35.5. The van der Waals surface area contributed by atoms with E-state index in [9.17, 15) is 0 Å². The smallest absolute Gasteiger partial charge is 0.158 e. The third kappa shape index (κ3) is 7.20. The minimum absolute atomic E-state index is 0.0139. The van der Waals surface area contributed by atoms with Crippen LogP contribution in [0.4, 0.5) is 0 Å². The molecule has 0 aromatic carbocycles. The Morgan fingerprint density at radius 3 is 2.78 bits per heavy atom. The van der Waals surface area contributed by atoms with Crippen LogP contribution >= 0.6 is 11.6 Å². The maximum atomic E-state index is 5.72. The molecule has 1 aliphatic heterocycles. The summed E-state index contributed by atoms with van der Waals surface area (Å²) in [5.74, 6) is 0.608. The molecule has 1 saturated heterocycles. The summed E-state index contributed by atoms with van der Waals surface area (Å²) < 4.78 is 11.3. The van der Waals surface area contributed by atoms with Crippen LogP contribution in [0.5, 0.6) is 0 Å². The molecule has 0 aromatic rings. The summed E-state index contributed by atoms with van der Waals surface area (Å²) in [6, 6.07) is 0. The first-order valence-electron chi connectivity index (χ1n) is 6.83. The lowest BCUT2D eigenvalue weighted by molar-refractivity contribution is -0.156. The first kappa shape index (κ1) is 15.7. The number of halogens is 1. The van der Waals surface area contributed by atoms with Crippen LogP contribution in [0.3, 0.4) is 0 Å². The Balaban J connectivity index is 2.14. The van der Waals surface area contributed by atoms with Crippen LogP contribution in [-0.2, 0) is 9.47 Å². The molecular weight excluding hydrogens is 248 g/mol. The molecule has 0 aromatic heterocycles. The molecule has 18 heavy (non-hydrogen) atoms. The number of hydrogen-bond acceptors (Lipinski definition) is 2. The van der Waals surface area contributed by atoms with Gasteiger partial charge in [0.1, 0.15) is 0 Å². The average Bonchev–Trinajstić information content (AvgIpc) is 2.38. The van der Waals surface area contributed by atoms with Crippen molar-refractivity contribution in [1.29, 1.82) is 0 Å². The molecule has 0 N–H and O–H groups in total. The topological polar surface area (TPSA) is 18.5 Å². The molecule has 104 valence electrons. The van der Waals surface area contributed by atoms with E-state index in [1.807, 2.05) is 0 Å². The van der Waals surface area contributed by atoms with Crippen molar-refractivity contribution in [3.05, 3.63) is 23.3 Å². The second-order valence-electron chi connectivity index (χ2n) is 4.90. The molecule has 1 atom stereocenters. The second-order valence-corrected chi connectivity index (χ2v) is 5.21. The van der Waals surface area contributed by atoms with Crippen LogP contribution in [0.1, 0.15) is 46.0 Å². The van der Waals surface area contributed by atoms with Gasteiger partial charge in [-0.1, -0.05) is 23.3 Å². The van der Waals surface area contributed by atoms with Gasteiger partial charge < -0.3 is 9.47 Å². The monoisotopic (exact) mass is 272 g/mol. The Hall–Kier alpha value is -0.310. The summed E-state index contributed by atoms with van der Waals surface area (Å²) in [4.78, 5) is 0. The van der Waals surface area contributed by atoms with Gasteiger partial charge in [0.15, 0.2) is 6.29 Å². The van der Waals surface area contributed by atoms with Gasteiger partial charge in [-0.3, -0.25) is 0 Å². The highest BCUT2D eigenvalue weighted by Crippen LogP contribution is 2.15. The van der Waals surface area contributed by atoms with Crippen molar-refractivity contribution < 1.29 is 9.47 Å². The second kappa shape index (κ2) is 9.60. The zero-order chi connectivity index (χ0) is 13.2. The predicted octanol–water partition coefficient (Wildman–Crippen LogP) is 4.44. The van der Waals surface area contributed by atoms with Crippen LogP contribution in [0, 0.1) is 0 Å². The lowest BCUT2D eigenvalue weighted by Crippen LogP contribution is -2.22. The summed E-state index contributed by atoms with van der Waals surface area (Å²) in [5.41, 5.74) is 2.63. The van der Waals surface area contributed by atoms with Crippen molar-refractivity contribution in [1.82, 2.24) is 0 Å². The lowest BCUT2D eigenvalue weighted by Gasteiger charge is -2.22. The van der Waals surface area contributed by atoms with Crippen LogP contribution in [-0.4, -0.2) is 25.4 Å². The van der Waals surface area contributed by atoms with Gasteiger partial charge in [-0.2, -0.15) is 0 Å². The van der Waals surface area contributed by atoms with Crippen molar-refractivity contribution in [2.45, 2.75) is 52.2 Å². The molecule has 0 radical (unpaired) electrons. The van der Waals surface area contributed by atoms with Gasteiger partial charge in [0.2, 0.25) is 0 Å². The summed E-state index contributed by atoms with van der Waals surface area (Å²) in [6.45, 7) is 5.76. The van der Waals surface area contributed by atoms with Gasteiger partial charge in [-0.05, 0) is 46.0 Å². The molecule has 0 bridgehead atoms. The van der Waals surface area contributed by atoms with Gasteiger partial charge in [0.05, 0.1) is 6.61 Å². The Labute approximate surface area is 116 Å². The van der Waals surface area contributed by atoms with E-state index in [1.54, 1.807) is 0 Å². The number of hydrogen-bond donors (Lipinski definition) is 0. The number of ether oxygens (including phenoxy) is 2. The van der Waals surface area contributed by atoms with Crippen molar-refractivity contribution in [3.63, 3.8) is 0 Å². The first-order chi connectivity index (χ1) is 8.72. The summed E-state index contributed by atoms with van der Waals surface area (Å²) in [5, 5.41) is 0. The van der Waals surface area contributed by atoms with E-state index in [0.717, 1.165) is 25.9 Å². The zero-order valence-electron chi connectivity index (χ0n) is 11.6. The maximum absolute atomic E-state index is 5.72. The number of alkyl halides is 1. The van der Waals surface area contributed by atoms with E-state index >= 15 is 0 Å². The highest BCUT2D eigenvalue weighted by Gasteiger charge is 2.13. The highest BCUT2D eigenvalue weighted by molar-refractivity contribution is 6.18. The molecule has 1 heterocycles. The van der Waals surface area contributed by atoms with Gasteiger partial charge >= 0.3 is 0 Å². The molecule has 1 unspecified atom stereocenters. The molecule has 1 fully saturated rings. The normalized spacial score (nSPS) is 22.3. The Morgan fingerprint density at radius 2 is 2.11 bits per heavy atom. The standard InChI is InChI=1S/C15H25ClO2/c1-13(9-10-16)6-5-7-14(2)12-18-15-8-3-4-11-17-15/h7,9,15H,3-6,8,10-12H2,1-2H3/b13-9-,14-7-. The minimum atomic E-state index is 0.0139. The molecule has 0 saturated carbocycles. The third-order valence-electron chi connectivity index (χ3n) is 3.09. The first-order valence-corrected chi connectivity index (χ1v) is 7.36. The quantitative estimate of drug-likeness (QED) is 0.504. The Kier molecular flexibility index (Phi) is 8.40. The van der Waals surface area contributed by atoms with Gasteiger partial charge in [0.25, 0.3) is 0 Å². The molecule has 1 aliphatic rings. The molecule has 3 heteroatoms. The van der Waals surface area contributed by atoms with Crippen LogP contribution in [0.2, 0.25) is 0 Å². The fraction of sp³-hybridized carbons (Fsp3) is 0.733. The summed E-state index contributed by atoms with van der Waals surface area (Å²) in [7, 11) is 0. The van der Waals surface area contributed by atoms with E-state index < -0.39 is 0 Å². The van der Waals surface area contributed by atoms with Crippen molar-refractivity contribution >= 4 is 11.6 Å². The maximum Gasteiger partial charge on any atom is 0.158 e. The van der Waals surface area contributed by atoms with Crippen molar-refractivity contribution in [2.75, 3.05) is 19.1 Å². The molecule has 2 nitrogen and oxygen atoms in total. The molecule has 0 spiro atoms. The molecular formula is C15H25ClO2. The number of rotatable bonds is 7. The Morgan fingerprint density at radius 1 is 1.28 bits per heavy atom. The largest absolute Gasteiger partial charge is 0.353 e. The summed E-state index contributed by atoms with van der Waals surface area (Å²) in [6.07, 6.45) is 9.87. The molecule has 1 rings (SSSR count). The third-order valence-corrected chi connectivity index (χ3v) is 3.25. The van der Waals surface area contributed by atoms with E-state index in [2.05, 4.69) is 26.0 Å². The Bertz CT molecular complexity index is 278. The van der Waals surface area contributed by atoms with Crippen molar-refractivity contribution in [3.8, 4) is 0 Å². The fourth-order valence-electron chi connectivity index (χ4n) is 1.91. The van der Waals surface area contributed by atoms with E-state index in [4.69, 9.17) is 21.1 Å². The predicted molar refractivity (Wildman–Crippen MR) is 77.0 cm³/mol. The van der Waals surface area contributed by atoms with Crippen LogP contribution < -0.4 is 0 Å². The van der Waals surface area contributed by atoms with Gasteiger partial charge in [-0.25, -0.2) is 0 Å².